The van der Waals surface area contributed by atoms with Crippen LogP contribution < -0.4 is 5.73 Å². The van der Waals surface area contributed by atoms with E-state index >= 15 is 0 Å². The van der Waals surface area contributed by atoms with Gasteiger partial charge in [-0.1, -0.05) is 0 Å². The fraction of sp³-hybridized carbons (Fsp3) is 0.286. The van der Waals surface area contributed by atoms with Crippen LogP contribution in [0, 0.1) is 0 Å². The lowest BCUT2D eigenvalue weighted by atomic mass is 10.4. The normalized spacial score (nSPS) is 13.5. The van der Waals surface area contributed by atoms with Gasteiger partial charge in [-0.2, -0.15) is 5.10 Å². The summed E-state index contributed by atoms with van der Waals surface area (Å²) < 4.78 is 5.22. The Bertz CT molecular complexity index is 362. The maximum Gasteiger partial charge on any atom is 0.266 e. The van der Waals surface area contributed by atoms with Crippen LogP contribution in [0.1, 0.15) is 18.9 Å². The molecule has 0 bridgehead atoms. The van der Waals surface area contributed by atoms with Gasteiger partial charge in [-0.05, 0) is 13.0 Å². The Labute approximate surface area is 68.6 Å². The molecular formula is C7H8N4O. The molecule has 0 radical (unpaired) electrons. The second-order valence-corrected chi connectivity index (χ2v) is 2.56. The summed E-state index contributed by atoms with van der Waals surface area (Å²) in [5.74, 6) is 0.491. The Balaban J connectivity index is 2.62. The lowest BCUT2D eigenvalue weighted by Gasteiger charge is -1.93. The highest BCUT2D eigenvalue weighted by Crippen LogP contribution is 2.14. The summed E-state index contributed by atoms with van der Waals surface area (Å²) in [5.41, 5.74) is 6.70. The molecule has 0 aromatic carbocycles. The SMILES string of the molecule is C[C@H](N)c1nc2ccnnc2o1. The average Bonchev–Trinajstić information content (AvgIpc) is 2.46. The highest BCUT2D eigenvalue weighted by Gasteiger charge is 2.09. The van der Waals surface area contributed by atoms with Crippen LogP contribution in [0.5, 0.6) is 0 Å². The quantitative estimate of drug-likeness (QED) is 0.669. The fourth-order valence-electron chi connectivity index (χ4n) is 0.905. The maximum absolute atomic E-state index is 5.57. The first-order chi connectivity index (χ1) is 5.77. The molecule has 2 N–H and O–H groups in total. The van der Waals surface area contributed by atoms with E-state index in [1.165, 1.54) is 0 Å². The van der Waals surface area contributed by atoms with Gasteiger partial charge in [0.15, 0.2) is 0 Å². The molecule has 0 fully saturated rings. The Morgan fingerprint density at radius 1 is 1.58 bits per heavy atom. The van der Waals surface area contributed by atoms with Crippen molar-refractivity contribution < 1.29 is 4.42 Å². The highest BCUT2D eigenvalue weighted by molar-refractivity contribution is 5.66. The number of rotatable bonds is 1. The lowest BCUT2D eigenvalue weighted by molar-refractivity contribution is 0.484. The number of hydrogen-bond acceptors (Lipinski definition) is 5. The van der Waals surface area contributed by atoms with Crippen molar-refractivity contribution in [2.24, 2.45) is 5.73 Å². The molecule has 0 unspecified atom stereocenters. The van der Waals surface area contributed by atoms with Gasteiger partial charge in [-0.25, -0.2) is 4.98 Å². The molecule has 5 nitrogen and oxygen atoms in total. The van der Waals surface area contributed by atoms with Crippen LogP contribution >= 0.6 is 0 Å². The number of nitrogens with two attached hydrogens (primary N) is 1. The van der Waals surface area contributed by atoms with E-state index in [1.807, 2.05) is 0 Å². The van der Waals surface area contributed by atoms with Crippen LogP contribution in [-0.4, -0.2) is 15.2 Å². The van der Waals surface area contributed by atoms with Gasteiger partial charge in [0.1, 0.15) is 5.52 Å². The zero-order valence-corrected chi connectivity index (χ0v) is 6.56. The van der Waals surface area contributed by atoms with Crippen LogP contribution in [0.4, 0.5) is 0 Å². The van der Waals surface area contributed by atoms with Gasteiger partial charge < -0.3 is 10.2 Å². The second-order valence-electron chi connectivity index (χ2n) is 2.56. The zero-order chi connectivity index (χ0) is 8.55. The minimum absolute atomic E-state index is 0.209. The van der Waals surface area contributed by atoms with Crippen molar-refractivity contribution in [1.29, 1.82) is 0 Å². The first-order valence-corrected chi connectivity index (χ1v) is 3.61. The Morgan fingerprint density at radius 3 is 3.08 bits per heavy atom. The van der Waals surface area contributed by atoms with Crippen molar-refractivity contribution in [1.82, 2.24) is 15.2 Å². The van der Waals surface area contributed by atoms with Crippen molar-refractivity contribution in [3.8, 4) is 0 Å². The summed E-state index contributed by atoms with van der Waals surface area (Å²) in [6.07, 6.45) is 1.57. The molecule has 0 amide bonds. The molecule has 2 rings (SSSR count). The minimum Gasteiger partial charge on any atom is -0.419 e. The Morgan fingerprint density at radius 2 is 2.42 bits per heavy atom. The van der Waals surface area contributed by atoms with Gasteiger partial charge >= 0.3 is 0 Å². The first-order valence-electron chi connectivity index (χ1n) is 3.61. The number of fused-ring (bicyclic) bond motifs is 1. The van der Waals surface area contributed by atoms with Crippen molar-refractivity contribution in [2.75, 3.05) is 0 Å². The van der Waals surface area contributed by atoms with E-state index in [-0.39, 0.29) is 6.04 Å². The Kier molecular flexibility index (Phi) is 1.51. The van der Waals surface area contributed by atoms with E-state index in [0.29, 0.717) is 17.1 Å². The van der Waals surface area contributed by atoms with Gasteiger partial charge in [-0.15, -0.1) is 5.10 Å². The molecule has 2 aromatic rings. The number of nitrogens with zero attached hydrogens (tertiary/aromatic N) is 3. The summed E-state index contributed by atoms with van der Waals surface area (Å²) in [4.78, 5) is 4.12. The van der Waals surface area contributed by atoms with E-state index in [9.17, 15) is 0 Å². The summed E-state index contributed by atoms with van der Waals surface area (Å²) in [6, 6.07) is 1.52. The summed E-state index contributed by atoms with van der Waals surface area (Å²) in [7, 11) is 0. The van der Waals surface area contributed by atoms with Crippen molar-refractivity contribution >= 4 is 11.2 Å². The number of oxazole rings is 1. The molecule has 12 heavy (non-hydrogen) atoms. The number of aromatic nitrogens is 3. The molecule has 0 spiro atoms. The minimum atomic E-state index is -0.209. The Hall–Kier alpha value is -1.49. The van der Waals surface area contributed by atoms with Gasteiger partial charge in [0.05, 0.1) is 12.2 Å². The molecule has 2 aromatic heterocycles. The van der Waals surface area contributed by atoms with E-state index in [2.05, 4.69) is 15.2 Å². The van der Waals surface area contributed by atoms with E-state index in [1.54, 1.807) is 19.2 Å². The predicted molar refractivity (Wildman–Crippen MR) is 42.2 cm³/mol. The summed E-state index contributed by atoms with van der Waals surface area (Å²) >= 11 is 0. The predicted octanol–water partition coefficient (Wildman–Crippen LogP) is 0.638. The van der Waals surface area contributed by atoms with Crippen LogP contribution in [0.25, 0.3) is 11.2 Å². The van der Waals surface area contributed by atoms with Crippen LogP contribution in [0.2, 0.25) is 0 Å². The molecule has 0 aliphatic heterocycles. The molecule has 5 heteroatoms. The largest absolute Gasteiger partial charge is 0.419 e. The smallest absolute Gasteiger partial charge is 0.266 e. The number of hydrogen-bond donors (Lipinski definition) is 1. The highest BCUT2D eigenvalue weighted by atomic mass is 16.4. The fourth-order valence-corrected chi connectivity index (χ4v) is 0.905. The van der Waals surface area contributed by atoms with Gasteiger partial charge in [0, 0.05) is 0 Å². The molecule has 0 aliphatic rings. The molecular weight excluding hydrogens is 156 g/mol. The zero-order valence-electron chi connectivity index (χ0n) is 6.56. The van der Waals surface area contributed by atoms with Crippen molar-refractivity contribution in [2.45, 2.75) is 13.0 Å². The van der Waals surface area contributed by atoms with Crippen molar-refractivity contribution in [3.05, 3.63) is 18.2 Å². The maximum atomic E-state index is 5.57. The molecule has 62 valence electrons. The topological polar surface area (TPSA) is 77.8 Å². The van der Waals surface area contributed by atoms with Crippen LogP contribution in [0.3, 0.4) is 0 Å². The molecule has 2 heterocycles. The molecule has 1 atom stereocenters. The third kappa shape index (κ3) is 1.04. The van der Waals surface area contributed by atoms with E-state index < -0.39 is 0 Å². The lowest BCUT2D eigenvalue weighted by Crippen LogP contribution is -2.04. The average molecular weight is 164 g/mol. The van der Waals surface area contributed by atoms with Gasteiger partial charge in [0.2, 0.25) is 5.89 Å². The van der Waals surface area contributed by atoms with E-state index in [4.69, 9.17) is 10.2 Å². The monoisotopic (exact) mass is 164 g/mol. The molecule has 0 saturated heterocycles. The standard InChI is InChI=1S/C7H8N4O/c1-4(8)6-10-5-2-3-9-11-7(5)12-6/h2-4H,8H2,1H3/t4-/m0/s1. The molecule has 0 saturated carbocycles. The molecule has 0 aliphatic carbocycles. The second kappa shape index (κ2) is 2.53. The van der Waals surface area contributed by atoms with E-state index in [0.717, 1.165) is 0 Å². The first kappa shape index (κ1) is 7.17. The third-order valence-corrected chi connectivity index (χ3v) is 1.49. The van der Waals surface area contributed by atoms with Gasteiger partial charge in [-0.3, -0.25) is 0 Å². The third-order valence-electron chi connectivity index (χ3n) is 1.49. The van der Waals surface area contributed by atoms with Crippen LogP contribution in [0.15, 0.2) is 16.7 Å². The van der Waals surface area contributed by atoms with Crippen LogP contribution in [-0.2, 0) is 0 Å². The van der Waals surface area contributed by atoms with Gasteiger partial charge in [0.25, 0.3) is 5.71 Å². The summed E-state index contributed by atoms with van der Waals surface area (Å²) in [6.45, 7) is 1.80. The summed E-state index contributed by atoms with van der Waals surface area (Å²) in [5, 5.41) is 7.41. The van der Waals surface area contributed by atoms with Crippen molar-refractivity contribution in [3.63, 3.8) is 0 Å².